The molecular weight excluding hydrogens is 212 g/mol. The predicted molar refractivity (Wildman–Crippen MR) is 59.0 cm³/mol. The molecule has 0 saturated heterocycles. The standard InChI is InChI=1S/C11H9ClN2O/c1-14-5-4-13-11(14)8-2-3-10(12)9(6-8)7-15/h2-7H,1H3. The van der Waals surface area contributed by atoms with Crippen LogP contribution in [0.3, 0.4) is 0 Å². The molecule has 15 heavy (non-hydrogen) atoms. The molecule has 1 heterocycles. The Morgan fingerprint density at radius 1 is 1.47 bits per heavy atom. The number of hydrogen-bond donors (Lipinski definition) is 0. The van der Waals surface area contributed by atoms with Crippen molar-refractivity contribution < 1.29 is 4.79 Å². The number of rotatable bonds is 2. The second kappa shape index (κ2) is 3.87. The third-order valence-electron chi connectivity index (χ3n) is 2.20. The number of aromatic nitrogens is 2. The number of imidazole rings is 1. The molecule has 1 aromatic carbocycles. The zero-order valence-electron chi connectivity index (χ0n) is 8.14. The zero-order valence-corrected chi connectivity index (χ0v) is 8.90. The summed E-state index contributed by atoms with van der Waals surface area (Å²) in [6.07, 6.45) is 4.31. The van der Waals surface area contributed by atoms with Crippen LogP contribution in [0.2, 0.25) is 5.02 Å². The molecule has 1 aromatic heterocycles. The van der Waals surface area contributed by atoms with E-state index in [4.69, 9.17) is 11.6 Å². The lowest BCUT2D eigenvalue weighted by Gasteiger charge is -2.03. The van der Waals surface area contributed by atoms with Gasteiger partial charge >= 0.3 is 0 Å². The second-order valence-electron chi connectivity index (χ2n) is 3.22. The highest BCUT2D eigenvalue weighted by Crippen LogP contribution is 2.22. The molecule has 0 N–H and O–H groups in total. The van der Waals surface area contributed by atoms with Crippen LogP contribution in [0.5, 0.6) is 0 Å². The topological polar surface area (TPSA) is 34.9 Å². The van der Waals surface area contributed by atoms with Gasteiger partial charge in [-0.25, -0.2) is 4.98 Å². The van der Waals surface area contributed by atoms with Crippen LogP contribution in [-0.4, -0.2) is 15.8 Å². The third-order valence-corrected chi connectivity index (χ3v) is 2.55. The van der Waals surface area contributed by atoms with Gasteiger partial charge < -0.3 is 4.57 Å². The van der Waals surface area contributed by atoms with E-state index >= 15 is 0 Å². The van der Waals surface area contributed by atoms with Crippen molar-refractivity contribution in [1.82, 2.24) is 9.55 Å². The molecule has 0 bridgehead atoms. The van der Waals surface area contributed by atoms with Gasteiger partial charge in [-0.15, -0.1) is 0 Å². The predicted octanol–water partition coefficient (Wildman–Crippen LogP) is 2.55. The lowest BCUT2D eigenvalue weighted by atomic mass is 10.1. The molecule has 0 saturated carbocycles. The summed E-state index contributed by atoms with van der Waals surface area (Å²) in [4.78, 5) is 14.9. The van der Waals surface area contributed by atoms with Crippen molar-refractivity contribution in [3.05, 3.63) is 41.2 Å². The number of benzene rings is 1. The summed E-state index contributed by atoms with van der Waals surface area (Å²) in [5, 5.41) is 0.461. The lowest BCUT2D eigenvalue weighted by molar-refractivity contribution is 0.112. The maximum absolute atomic E-state index is 10.7. The Labute approximate surface area is 92.3 Å². The zero-order chi connectivity index (χ0) is 10.8. The first kappa shape index (κ1) is 9.93. The third kappa shape index (κ3) is 1.78. The molecule has 0 aliphatic carbocycles. The summed E-state index contributed by atoms with van der Waals surface area (Å²) < 4.78 is 1.89. The number of hydrogen-bond acceptors (Lipinski definition) is 2. The van der Waals surface area contributed by atoms with Crippen LogP contribution in [0.25, 0.3) is 11.4 Å². The van der Waals surface area contributed by atoms with E-state index in [9.17, 15) is 4.79 Å². The van der Waals surface area contributed by atoms with Crippen molar-refractivity contribution in [2.75, 3.05) is 0 Å². The molecule has 76 valence electrons. The molecule has 0 unspecified atom stereocenters. The summed E-state index contributed by atoms with van der Waals surface area (Å²) in [7, 11) is 1.90. The van der Waals surface area contributed by atoms with Crippen LogP contribution in [0.15, 0.2) is 30.6 Å². The van der Waals surface area contributed by atoms with E-state index in [-0.39, 0.29) is 0 Å². The van der Waals surface area contributed by atoms with Gasteiger partial charge in [0.05, 0.1) is 5.02 Å². The van der Waals surface area contributed by atoms with Gasteiger partial charge in [0.15, 0.2) is 6.29 Å². The molecule has 3 nitrogen and oxygen atoms in total. The fourth-order valence-corrected chi connectivity index (χ4v) is 1.58. The van der Waals surface area contributed by atoms with Crippen molar-refractivity contribution in [2.24, 2.45) is 7.05 Å². The minimum Gasteiger partial charge on any atom is -0.334 e. The smallest absolute Gasteiger partial charge is 0.151 e. The Hall–Kier alpha value is -1.61. The monoisotopic (exact) mass is 220 g/mol. The Balaban J connectivity index is 2.55. The molecule has 0 spiro atoms. The summed E-state index contributed by atoms with van der Waals surface area (Å²) in [6.45, 7) is 0. The minimum absolute atomic E-state index is 0.461. The van der Waals surface area contributed by atoms with E-state index in [1.165, 1.54) is 0 Å². The summed E-state index contributed by atoms with van der Waals surface area (Å²) >= 11 is 5.84. The molecule has 0 fully saturated rings. The number of carbonyl (C=O) groups excluding carboxylic acids is 1. The molecule has 0 amide bonds. The highest BCUT2D eigenvalue weighted by atomic mass is 35.5. The van der Waals surface area contributed by atoms with Crippen molar-refractivity contribution in [1.29, 1.82) is 0 Å². The highest BCUT2D eigenvalue weighted by molar-refractivity contribution is 6.33. The van der Waals surface area contributed by atoms with E-state index in [0.717, 1.165) is 17.7 Å². The fourth-order valence-electron chi connectivity index (χ4n) is 1.42. The van der Waals surface area contributed by atoms with Gasteiger partial charge in [0, 0.05) is 30.6 Å². The molecule has 0 aliphatic rings. The van der Waals surface area contributed by atoms with Gasteiger partial charge in [-0.1, -0.05) is 11.6 Å². The molecule has 0 aliphatic heterocycles. The maximum Gasteiger partial charge on any atom is 0.151 e. The van der Waals surface area contributed by atoms with Crippen LogP contribution in [0.4, 0.5) is 0 Å². The van der Waals surface area contributed by atoms with Gasteiger partial charge in [-0.3, -0.25) is 4.79 Å². The fraction of sp³-hybridized carbons (Fsp3) is 0.0909. The van der Waals surface area contributed by atoms with Gasteiger partial charge in [0.25, 0.3) is 0 Å². The van der Waals surface area contributed by atoms with Crippen molar-refractivity contribution in [3.8, 4) is 11.4 Å². The molecule has 4 heteroatoms. The molecule has 2 aromatic rings. The van der Waals surface area contributed by atoms with E-state index in [1.807, 2.05) is 23.9 Å². The minimum atomic E-state index is 0.461. The quantitative estimate of drug-likeness (QED) is 0.729. The Kier molecular flexibility index (Phi) is 2.56. The molecule has 0 radical (unpaired) electrons. The van der Waals surface area contributed by atoms with Crippen molar-refractivity contribution in [2.45, 2.75) is 0 Å². The first-order valence-electron chi connectivity index (χ1n) is 4.45. The molecule has 0 atom stereocenters. The summed E-state index contributed by atoms with van der Waals surface area (Å²) in [6, 6.07) is 5.28. The number of halogens is 1. The second-order valence-corrected chi connectivity index (χ2v) is 3.62. The van der Waals surface area contributed by atoms with Gasteiger partial charge in [0.2, 0.25) is 0 Å². The SMILES string of the molecule is Cn1ccnc1-c1ccc(Cl)c(C=O)c1. The van der Waals surface area contributed by atoms with Gasteiger partial charge in [-0.2, -0.15) is 0 Å². The Morgan fingerprint density at radius 2 is 2.27 bits per heavy atom. The first-order valence-corrected chi connectivity index (χ1v) is 4.82. The lowest BCUT2D eigenvalue weighted by Crippen LogP contribution is -1.92. The normalized spacial score (nSPS) is 10.3. The van der Waals surface area contributed by atoms with E-state index in [0.29, 0.717) is 10.6 Å². The number of aldehydes is 1. The first-order chi connectivity index (χ1) is 7.22. The summed E-state index contributed by atoms with van der Waals surface area (Å²) in [5.41, 5.74) is 1.37. The van der Waals surface area contributed by atoms with Crippen molar-refractivity contribution in [3.63, 3.8) is 0 Å². The maximum atomic E-state index is 10.7. The molecule has 2 rings (SSSR count). The average Bonchev–Trinajstić information content (AvgIpc) is 2.65. The van der Waals surface area contributed by atoms with Crippen LogP contribution in [0, 0.1) is 0 Å². The number of nitrogens with zero attached hydrogens (tertiary/aromatic N) is 2. The van der Waals surface area contributed by atoms with E-state index < -0.39 is 0 Å². The Bertz CT molecular complexity index is 505. The average molecular weight is 221 g/mol. The largest absolute Gasteiger partial charge is 0.334 e. The van der Waals surface area contributed by atoms with E-state index in [2.05, 4.69) is 4.98 Å². The Morgan fingerprint density at radius 3 is 2.87 bits per heavy atom. The van der Waals surface area contributed by atoms with Crippen LogP contribution in [-0.2, 0) is 7.05 Å². The number of carbonyl (C=O) groups is 1. The van der Waals surface area contributed by atoms with Crippen molar-refractivity contribution >= 4 is 17.9 Å². The van der Waals surface area contributed by atoms with Crippen LogP contribution < -0.4 is 0 Å². The number of aryl methyl sites for hydroxylation is 1. The highest BCUT2D eigenvalue weighted by Gasteiger charge is 2.06. The summed E-state index contributed by atoms with van der Waals surface area (Å²) in [5.74, 6) is 0.815. The van der Waals surface area contributed by atoms with Crippen LogP contribution in [0.1, 0.15) is 10.4 Å². The van der Waals surface area contributed by atoms with Crippen LogP contribution >= 0.6 is 11.6 Å². The molecular formula is C11H9ClN2O. The van der Waals surface area contributed by atoms with Gasteiger partial charge in [-0.05, 0) is 18.2 Å². The van der Waals surface area contributed by atoms with Gasteiger partial charge in [0.1, 0.15) is 5.82 Å². The van der Waals surface area contributed by atoms with E-state index in [1.54, 1.807) is 18.3 Å².